The van der Waals surface area contributed by atoms with E-state index in [1.807, 2.05) is 13.2 Å². The number of amides is 2. The van der Waals surface area contributed by atoms with Gasteiger partial charge in [0.1, 0.15) is 11.6 Å². The van der Waals surface area contributed by atoms with Crippen molar-refractivity contribution >= 4 is 11.8 Å². The normalized spacial score (nSPS) is 23.1. The summed E-state index contributed by atoms with van der Waals surface area (Å²) in [5.74, 6) is -0.193. The molecular weight excluding hydrogens is 232 g/mol. The molecule has 1 aromatic heterocycles. The van der Waals surface area contributed by atoms with Crippen LogP contribution in [-0.2, 0) is 23.2 Å². The third-order valence-electron chi connectivity index (χ3n) is 3.31. The van der Waals surface area contributed by atoms with E-state index in [0.29, 0.717) is 6.54 Å². The zero-order valence-corrected chi connectivity index (χ0v) is 11.1. The van der Waals surface area contributed by atoms with Crippen molar-refractivity contribution < 1.29 is 9.59 Å². The first-order valence-corrected chi connectivity index (χ1v) is 5.92. The Bertz CT molecular complexity index is 492. The van der Waals surface area contributed by atoms with Crippen LogP contribution in [0.2, 0.25) is 0 Å². The minimum atomic E-state index is -0.834. The van der Waals surface area contributed by atoms with E-state index in [0.717, 1.165) is 5.56 Å². The van der Waals surface area contributed by atoms with Crippen molar-refractivity contribution in [3.63, 3.8) is 0 Å². The lowest BCUT2D eigenvalue weighted by Crippen LogP contribution is -2.67. The number of carbonyl (C=O) groups excluding carboxylic acids is 2. The van der Waals surface area contributed by atoms with Crippen LogP contribution in [0, 0.1) is 0 Å². The Morgan fingerprint density at radius 1 is 1.44 bits per heavy atom. The number of nitrogens with one attached hydrogen (secondary N) is 1. The number of hydrogen-bond acceptors (Lipinski definition) is 3. The summed E-state index contributed by atoms with van der Waals surface area (Å²) in [7, 11) is 1.82. The van der Waals surface area contributed by atoms with Crippen LogP contribution in [0.1, 0.15) is 26.3 Å². The summed E-state index contributed by atoms with van der Waals surface area (Å²) in [5.41, 5.74) is 0.0835. The fourth-order valence-electron chi connectivity index (χ4n) is 2.08. The van der Waals surface area contributed by atoms with Gasteiger partial charge in [0.25, 0.3) is 0 Å². The zero-order chi connectivity index (χ0) is 13.5. The summed E-state index contributed by atoms with van der Waals surface area (Å²) in [6.07, 6.45) is 3.56. The highest BCUT2D eigenvalue weighted by Gasteiger charge is 2.44. The second-order valence-electron chi connectivity index (χ2n) is 5.20. The molecule has 2 amide bonds. The summed E-state index contributed by atoms with van der Waals surface area (Å²) in [6.45, 7) is 5.61. The molecule has 1 aliphatic heterocycles. The highest BCUT2D eigenvalue weighted by Crippen LogP contribution is 2.23. The predicted molar refractivity (Wildman–Crippen MR) is 65.4 cm³/mol. The van der Waals surface area contributed by atoms with E-state index in [1.54, 1.807) is 36.5 Å². The average molecular weight is 250 g/mol. The summed E-state index contributed by atoms with van der Waals surface area (Å²) in [4.78, 5) is 25.7. The number of piperazine rings is 1. The molecular formula is C12H18N4O2. The van der Waals surface area contributed by atoms with Crippen LogP contribution in [0.3, 0.4) is 0 Å². The second-order valence-corrected chi connectivity index (χ2v) is 5.20. The molecule has 1 saturated heterocycles. The number of carbonyl (C=O) groups is 2. The third kappa shape index (κ3) is 1.98. The van der Waals surface area contributed by atoms with Gasteiger partial charge in [-0.15, -0.1) is 0 Å². The van der Waals surface area contributed by atoms with Crippen molar-refractivity contribution in [1.29, 1.82) is 0 Å². The van der Waals surface area contributed by atoms with Gasteiger partial charge in [-0.2, -0.15) is 5.10 Å². The third-order valence-corrected chi connectivity index (χ3v) is 3.31. The summed E-state index contributed by atoms with van der Waals surface area (Å²) in [6, 6.07) is -0.470. The van der Waals surface area contributed by atoms with Gasteiger partial charge in [0.05, 0.1) is 6.20 Å². The molecule has 0 saturated carbocycles. The summed E-state index contributed by atoms with van der Waals surface area (Å²) < 4.78 is 1.68. The van der Waals surface area contributed by atoms with Gasteiger partial charge in [-0.05, 0) is 20.8 Å². The van der Waals surface area contributed by atoms with Crippen LogP contribution in [0.15, 0.2) is 12.4 Å². The quantitative estimate of drug-likeness (QED) is 0.806. The van der Waals surface area contributed by atoms with E-state index in [1.165, 1.54) is 0 Å². The van der Waals surface area contributed by atoms with Crippen molar-refractivity contribution in [2.45, 2.75) is 38.9 Å². The SMILES string of the molecule is CC1NC(=O)C(C)(C)N(Cc2cnn(C)c2)C1=O. The number of aryl methyl sites for hydroxylation is 1. The van der Waals surface area contributed by atoms with Crippen molar-refractivity contribution in [2.24, 2.45) is 7.05 Å². The lowest BCUT2D eigenvalue weighted by molar-refractivity contribution is -0.155. The molecule has 1 unspecified atom stereocenters. The number of hydrogen-bond donors (Lipinski definition) is 1. The van der Waals surface area contributed by atoms with Gasteiger partial charge in [-0.25, -0.2) is 0 Å². The Kier molecular flexibility index (Phi) is 2.88. The van der Waals surface area contributed by atoms with Crippen molar-refractivity contribution in [2.75, 3.05) is 0 Å². The van der Waals surface area contributed by atoms with Crippen LogP contribution in [0.4, 0.5) is 0 Å². The average Bonchev–Trinajstić information content (AvgIpc) is 2.68. The highest BCUT2D eigenvalue weighted by atomic mass is 16.2. The van der Waals surface area contributed by atoms with Crippen molar-refractivity contribution in [3.8, 4) is 0 Å². The standard InChI is InChI=1S/C12H18N4O2/c1-8-10(17)16(12(2,3)11(18)14-8)7-9-5-13-15(4)6-9/h5-6,8H,7H2,1-4H3,(H,14,18). The molecule has 0 bridgehead atoms. The van der Waals surface area contributed by atoms with Gasteiger partial charge < -0.3 is 10.2 Å². The Balaban J connectivity index is 2.27. The Morgan fingerprint density at radius 2 is 2.11 bits per heavy atom. The first-order valence-electron chi connectivity index (χ1n) is 5.92. The van der Waals surface area contributed by atoms with Crippen molar-refractivity contribution in [3.05, 3.63) is 18.0 Å². The molecule has 0 radical (unpaired) electrons. The van der Waals surface area contributed by atoms with Gasteiger partial charge in [0, 0.05) is 25.4 Å². The van der Waals surface area contributed by atoms with Crippen LogP contribution in [0.25, 0.3) is 0 Å². The van der Waals surface area contributed by atoms with E-state index < -0.39 is 11.6 Å². The molecule has 18 heavy (non-hydrogen) atoms. The molecule has 0 spiro atoms. The molecule has 1 fully saturated rings. The Hall–Kier alpha value is -1.85. The van der Waals surface area contributed by atoms with Crippen LogP contribution in [0.5, 0.6) is 0 Å². The fourth-order valence-corrected chi connectivity index (χ4v) is 2.08. The van der Waals surface area contributed by atoms with Gasteiger partial charge in [0.2, 0.25) is 11.8 Å². The van der Waals surface area contributed by atoms with E-state index >= 15 is 0 Å². The summed E-state index contributed by atoms with van der Waals surface area (Å²) >= 11 is 0. The first-order chi connectivity index (χ1) is 8.32. The highest BCUT2D eigenvalue weighted by molar-refractivity contribution is 5.99. The molecule has 6 nitrogen and oxygen atoms in total. The zero-order valence-electron chi connectivity index (χ0n) is 11.1. The minimum Gasteiger partial charge on any atom is -0.343 e. The fraction of sp³-hybridized carbons (Fsp3) is 0.583. The van der Waals surface area contributed by atoms with Gasteiger partial charge in [-0.3, -0.25) is 14.3 Å². The molecule has 2 heterocycles. The van der Waals surface area contributed by atoms with E-state index in [-0.39, 0.29) is 11.8 Å². The number of rotatable bonds is 2. The maximum Gasteiger partial charge on any atom is 0.246 e. The maximum atomic E-state index is 12.2. The Labute approximate surface area is 106 Å². The summed E-state index contributed by atoms with van der Waals surface area (Å²) in [5, 5.41) is 6.76. The lowest BCUT2D eigenvalue weighted by Gasteiger charge is -2.43. The van der Waals surface area contributed by atoms with Crippen molar-refractivity contribution in [1.82, 2.24) is 20.0 Å². The lowest BCUT2D eigenvalue weighted by atomic mass is 9.95. The molecule has 2 rings (SSSR count). The monoisotopic (exact) mass is 250 g/mol. The first kappa shape index (κ1) is 12.6. The number of aromatic nitrogens is 2. The van der Waals surface area contributed by atoms with Crippen LogP contribution in [-0.4, -0.2) is 38.1 Å². The smallest absolute Gasteiger partial charge is 0.246 e. The largest absolute Gasteiger partial charge is 0.343 e. The van der Waals surface area contributed by atoms with Gasteiger partial charge >= 0.3 is 0 Å². The van der Waals surface area contributed by atoms with Gasteiger partial charge in [-0.1, -0.05) is 0 Å². The Morgan fingerprint density at radius 3 is 2.67 bits per heavy atom. The molecule has 0 aromatic carbocycles. The predicted octanol–water partition coefficient (Wildman–Crippen LogP) is 0.0456. The maximum absolute atomic E-state index is 12.2. The molecule has 98 valence electrons. The van der Waals surface area contributed by atoms with E-state index in [9.17, 15) is 9.59 Å². The molecule has 1 N–H and O–H groups in total. The minimum absolute atomic E-state index is 0.0662. The number of nitrogens with zero attached hydrogens (tertiary/aromatic N) is 3. The second kappa shape index (κ2) is 4.12. The van der Waals surface area contributed by atoms with Crippen LogP contribution < -0.4 is 5.32 Å². The molecule has 0 aliphatic carbocycles. The molecule has 1 atom stereocenters. The molecule has 1 aliphatic rings. The molecule has 1 aromatic rings. The van der Waals surface area contributed by atoms with Crippen LogP contribution >= 0.6 is 0 Å². The topological polar surface area (TPSA) is 67.2 Å². The van der Waals surface area contributed by atoms with E-state index in [4.69, 9.17) is 0 Å². The van der Waals surface area contributed by atoms with Gasteiger partial charge in [0.15, 0.2) is 0 Å². The molecule has 6 heteroatoms. The van der Waals surface area contributed by atoms with E-state index in [2.05, 4.69) is 10.4 Å².